The van der Waals surface area contributed by atoms with Gasteiger partial charge >= 0.3 is 11.4 Å². The van der Waals surface area contributed by atoms with Gasteiger partial charge in [0.1, 0.15) is 0 Å². The van der Waals surface area contributed by atoms with E-state index in [0.717, 1.165) is 11.1 Å². The molecule has 1 aliphatic rings. The molecule has 1 aliphatic heterocycles. The van der Waals surface area contributed by atoms with Crippen LogP contribution in [0.15, 0.2) is 33.9 Å². The molecular formula is C19H26N4O3. The Morgan fingerprint density at radius 2 is 2.15 bits per heavy atom. The van der Waals surface area contributed by atoms with Gasteiger partial charge < -0.3 is 10.1 Å². The summed E-state index contributed by atoms with van der Waals surface area (Å²) >= 11 is 0. The average Bonchev–Trinajstić information content (AvgIpc) is 2.53. The summed E-state index contributed by atoms with van der Waals surface area (Å²) in [5, 5.41) is 3.11. The number of aromatic nitrogens is 3. The number of hydrogen-bond donors (Lipinski definition) is 2. The molecule has 0 radical (unpaired) electrons. The second kappa shape index (κ2) is 7.07. The van der Waals surface area contributed by atoms with E-state index in [2.05, 4.69) is 21.4 Å². The van der Waals surface area contributed by atoms with Gasteiger partial charge in [-0.2, -0.15) is 4.98 Å². The maximum absolute atomic E-state index is 12.5. The number of H-pyrrole nitrogens is 1. The molecule has 0 aliphatic carbocycles. The first-order chi connectivity index (χ1) is 12.2. The van der Waals surface area contributed by atoms with Crippen LogP contribution in [0.1, 0.15) is 56.8 Å². The molecule has 0 amide bonds. The first-order valence-corrected chi connectivity index (χ1v) is 8.95. The zero-order chi connectivity index (χ0) is 18.9. The van der Waals surface area contributed by atoms with Gasteiger partial charge in [0.2, 0.25) is 5.95 Å². The van der Waals surface area contributed by atoms with Crippen LogP contribution in [-0.4, -0.2) is 26.7 Å². The van der Waals surface area contributed by atoms with Crippen LogP contribution in [0.5, 0.6) is 0 Å². The zero-order valence-corrected chi connectivity index (χ0v) is 15.7. The van der Waals surface area contributed by atoms with Gasteiger partial charge in [0, 0.05) is 12.6 Å². The maximum atomic E-state index is 12.5. The predicted molar refractivity (Wildman–Crippen MR) is 101 cm³/mol. The summed E-state index contributed by atoms with van der Waals surface area (Å²) in [5.41, 5.74) is 0.881. The van der Waals surface area contributed by atoms with Gasteiger partial charge in [-0.15, -0.1) is 0 Å². The van der Waals surface area contributed by atoms with Crippen molar-refractivity contribution in [3.63, 3.8) is 0 Å². The highest BCUT2D eigenvalue weighted by atomic mass is 16.5. The molecule has 2 aromatic rings. The average molecular weight is 358 g/mol. The molecule has 3 rings (SSSR count). The van der Waals surface area contributed by atoms with Gasteiger partial charge in [0.25, 0.3) is 0 Å². The van der Waals surface area contributed by atoms with Crippen molar-refractivity contribution < 1.29 is 4.74 Å². The number of hydrogen-bond acceptors (Lipinski definition) is 5. The lowest BCUT2D eigenvalue weighted by molar-refractivity contribution is -0.0703. The van der Waals surface area contributed by atoms with Crippen LogP contribution < -0.4 is 16.7 Å². The molecule has 26 heavy (non-hydrogen) atoms. The molecule has 1 unspecified atom stereocenters. The molecule has 140 valence electrons. The minimum Gasteiger partial charge on any atom is -0.375 e. The molecule has 1 saturated heterocycles. The van der Waals surface area contributed by atoms with Crippen molar-refractivity contribution in [2.75, 3.05) is 11.9 Å². The van der Waals surface area contributed by atoms with Crippen molar-refractivity contribution >= 4 is 5.95 Å². The largest absolute Gasteiger partial charge is 0.375 e. The Morgan fingerprint density at radius 1 is 1.38 bits per heavy atom. The van der Waals surface area contributed by atoms with Crippen molar-refractivity contribution in [3.05, 3.63) is 56.4 Å². The third-order valence-electron chi connectivity index (χ3n) is 4.79. The van der Waals surface area contributed by atoms with E-state index < -0.39 is 11.4 Å². The fourth-order valence-electron chi connectivity index (χ4n) is 3.46. The van der Waals surface area contributed by atoms with Gasteiger partial charge in [-0.3, -0.25) is 4.98 Å². The molecule has 7 nitrogen and oxygen atoms in total. The number of aryl methyl sites for hydroxylation is 1. The monoisotopic (exact) mass is 358 g/mol. The van der Waals surface area contributed by atoms with Crippen molar-refractivity contribution in [2.45, 2.75) is 58.2 Å². The number of benzene rings is 1. The van der Waals surface area contributed by atoms with Gasteiger partial charge in [-0.1, -0.05) is 29.8 Å². The highest BCUT2D eigenvalue weighted by Gasteiger charge is 2.31. The summed E-state index contributed by atoms with van der Waals surface area (Å²) in [7, 11) is 0. The van der Waals surface area contributed by atoms with Gasteiger partial charge in [0.15, 0.2) is 0 Å². The van der Waals surface area contributed by atoms with Crippen molar-refractivity contribution in [1.82, 2.24) is 14.5 Å². The molecule has 2 heterocycles. The molecule has 0 saturated carbocycles. The molecule has 7 heteroatoms. The molecule has 0 spiro atoms. The molecule has 2 N–H and O–H groups in total. The number of nitrogens with one attached hydrogen (secondary N) is 2. The van der Waals surface area contributed by atoms with E-state index in [9.17, 15) is 9.59 Å². The maximum Gasteiger partial charge on any atom is 0.355 e. The van der Waals surface area contributed by atoms with Crippen LogP contribution in [0.4, 0.5) is 5.95 Å². The quantitative estimate of drug-likeness (QED) is 0.877. The zero-order valence-electron chi connectivity index (χ0n) is 15.7. The van der Waals surface area contributed by atoms with Crippen molar-refractivity contribution in [2.24, 2.45) is 0 Å². The molecule has 1 aromatic heterocycles. The van der Waals surface area contributed by atoms with E-state index in [4.69, 9.17) is 4.74 Å². The van der Waals surface area contributed by atoms with Gasteiger partial charge in [-0.05, 0) is 46.1 Å². The highest BCUT2D eigenvalue weighted by Crippen LogP contribution is 2.30. The highest BCUT2D eigenvalue weighted by molar-refractivity contribution is 5.32. The Morgan fingerprint density at radius 3 is 2.81 bits per heavy atom. The summed E-state index contributed by atoms with van der Waals surface area (Å²) in [4.78, 5) is 31.8. The van der Waals surface area contributed by atoms with Gasteiger partial charge in [-0.25, -0.2) is 14.2 Å². The lowest BCUT2D eigenvalue weighted by Gasteiger charge is -2.35. The molecule has 1 aromatic carbocycles. The summed E-state index contributed by atoms with van der Waals surface area (Å²) in [5.74, 6) is 0.191. The second-order valence-electron chi connectivity index (χ2n) is 7.58. The normalized spacial score (nSPS) is 20.5. The van der Waals surface area contributed by atoms with E-state index in [1.165, 1.54) is 4.57 Å². The lowest BCUT2D eigenvalue weighted by Crippen LogP contribution is -2.45. The Labute approximate surface area is 152 Å². The minimum atomic E-state index is -0.532. The Kier molecular flexibility index (Phi) is 5.00. The summed E-state index contributed by atoms with van der Waals surface area (Å²) in [6, 6.07) is 7.76. The van der Waals surface area contributed by atoms with Crippen LogP contribution in [0.25, 0.3) is 0 Å². The third kappa shape index (κ3) is 4.04. The smallest absolute Gasteiger partial charge is 0.355 e. The number of nitrogens with zero attached hydrogens (tertiary/aromatic N) is 2. The fourth-order valence-corrected chi connectivity index (χ4v) is 3.46. The van der Waals surface area contributed by atoms with Crippen molar-refractivity contribution in [1.29, 1.82) is 0 Å². The molecule has 0 bridgehead atoms. The van der Waals surface area contributed by atoms with Gasteiger partial charge in [0.05, 0.1) is 11.6 Å². The van der Waals surface area contributed by atoms with E-state index in [1.807, 2.05) is 45.9 Å². The van der Waals surface area contributed by atoms with Crippen LogP contribution in [0, 0.1) is 6.92 Å². The van der Waals surface area contributed by atoms with Crippen LogP contribution >= 0.6 is 0 Å². The first kappa shape index (κ1) is 18.4. The number of aromatic amines is 1. The van der Waals surface area contributed by atoms with E-state index in [0.29, 0.717) is 19.4 Å². The Balaban J connectivity index is 1.83. The van der Waals surface area contributed by atoms with Crippen LogP contribution in [0.2, 0.25) is 0 Å². The second-order valence-corrected chi connectivity index (χ2v) is 7.58. The third-order valence-corrected chi connectivity index (χ3v) is 4.79. The fraction of sp³-hybridized carbons (Fsp3) is 0.526. The topological polar surface area (TPSA) is 89.0 Å². The number of anilines is 1. The number of rotatable bonds is 4. The van der Waals surface area contributed by atoms with E-state index in [-0.39, 0.29) is 23.6 Å². The van der Waals surface area contributed by atoms with Crippen molar-refractivity contribution in [3.8, 4) is 0 Å². The van der Waals surface area contributed by atoms with Crippen LogP contribution in [-0.2, 0) is 4.74 Å². The summed E-state index contributed by atoms with van der Waals surface area (Å²) < 4.78 is 6.89. The summed E-state index contributed by atoms with van der Waals surface area (Å²) in [6.07, 6.45) is 1.23. The molecule has 2 atom stereocenters. The van der Waals surface area contributed by atoms with Crippen LogP contribution in [0.3, 0.4) is 0 Å². The Hall–Kier alpha value is -2.41. The summed E-state index contributed by atoms with van der Waals surface area (Å²) in [6.45, 7) is 8.43. The van der Waals surface area contributed by atoms with E-state index >= 15 is 0 Å². The molecular weight excluding hydrogens is 332 g/mol. The first-order valence-electron chi connectivity index (χ1n) is 8.95. The minimum absolute atomic E-state index is 0.0877. The lowest BCUT2D eigenvalue weighted by atomic mass is 9.94. The number of ether oxygens (including phenoxy) is 1. The Bertz CT molecular complexity index is 869. The van der Waals surface area contributed by atoms with E-state index in [1.54, 1.807) is 0 Å². The SMILES string of the molecule is Cc1cccc([C@H](C)Nc2nc(=O)n(C3CCOC(C)(C)C3)c(=O)[nH]2)c1. The molecule has 1 fully saturated rings. The predicted octanol–water partition coefficient (Wildman–Crippen LogP) is 2.54. The standard InChI is InChI=1S/C19H26N4O3/c1-12-6-5-7-14(10-12)13(2)20-16-21-17(24)23(18(25)22-16)15-8-9-26-19(3,4)11-15/h5-7,10,13,15H,8-9,11H2,1-4H3,(H2,20,21,22,24,25)/t13-,15?/m0/s1.